The maximum absolute atomic E-state index is 13.1. The second-order valence-electron chi connectivity index (χ2n) is 7.03. The van der Waals surface area contributed by atoms with Crippen molar-refractivity contribution in [3.8, 4) is 11.1 Å². The Morgan fingerprint density at radius 1 is 1.07 bits per heavy atom. The third kappa shape index (κ3) is 3.76. The molecule has 3 heterocycles. The van der Waals surface area contributed by atoms with E-state index in [2.05, 4.69) is 9.97 Å². The molecule has 142 valence electrons. The van der Waals surface area contributed by atoms with Gasteiger partial charge in [0.05, 0.1) is 5.69 Å². The molecule has 1 fully saturated rings. The second-order valence-corrected chi connectivity index (χ2v) is 7.03. The van der Waals surface area contributed by atoms with Crippen molar-refractivity contribution >= 4 is 5.91 Å². The zero-order chi connectivity index (χ0) is 19.5. The minimum atomic E-state index is -0.335. The lowest BCUT2D eigenvalue weighted by Gasteiger charge is -2.32. The topological polar surface area (TPSA) is 59.0 Å². The lowest BCUT2D eigenvalue weighted by molar-refractivity contribution is 0.0712. The highest BCUT2D eigenvalue weighted by molar-refractivity contribution is 5.94. The molecule has 0 atom stereocenters. The number of halogens is 1. The first kappa shape index (κ1) is 18.2. The van der Waals surface area contributed by atoms with Crippen LogP contribution in [0.2, 0.25) is 0 Å². The van der Waals surface area contributed by atoms with Gasteiger partial charge in [0.25, 0.3) is 5.91 Å². The predicted molar refractivity (Wildman–Crippen MR) is 104 cm³/mol. The minimum absolute atomic E-state index is 0.0494. The molecule has 0 unspecified atom stereocenters. The Kier molecular flexibility index (Phi) is 5.10. The predicted octanol–water partition coefficient (Wildman–Crippen LogP) is 4.01. The first-order valence-corrected chi connectivity index (χ1v) is 9.40. The summed E-state index contributed by atoms with van der Waals surface area (Å²) >= 11 is 0. The van der Waals surface area contributed by atoms with Gasteiger partial charge < -0.3 is 4.90 Å². The third-order valence-electron chi connectivity index (χ3n) is 5.19. The Balaban J connectivity index is 1.52. The molecule has 3 aromatic rings. The van der Waals surface area contributed by atoms with E-state index in [0.717, 1.165) is 35.5 Å². The fraction of sp³-hybridized carbons (Fsp3) is 0.273. The number of amides is 1. The normalized spacial score (nSPS) is 14.9. The van der Waals surface area contributed by atoms with E-state index in [4.69, 9.17) is 4.98 Å². The molecule has 0 bridgehead atoms. The molecule has 1 aliphatic rings. The number of aryl methyl sites for hydroxylation is 1. The molecule has 0 saturated carbocycles. The fourth-order valence-corrected chi connectivity index (χ4v) is 3.68. The zero-order valence-corrected chi connectivity index (χ0v) is 15.7. The molecule has 1 saturated heterocycles. The Morgan fingerprint density at radius 2 is 1.75 bits per heavy atom. The van der Waals surface area contributed by atoms with Gasteiger partial charge in [0.1, 0.15) is 11.6 Å². The van der Waals surface area contributed by atoms with E-state index in [0.29, 0.717) is 18.7 Å². The Bertz CT molecular complexity index is 968. The summed E-state index contributed by atoms with van der Waals surface area (Å²) in [5, 5.41) is 0. The molecule has 1 amide bonds. The van der Waals surface area contributed by atoms with Gasteiger partial charge in [-0.3, -0.25) is 9.78 Å². The molecule has 0 spiro atoms. The number of nitrogens with zero attached hydrogens (tertiary/aromatic N) is 4. The molecule has 28 heavy (non-hydrogen) atoms. The number of pyridine rings is 1. The van der Waals surface area contributed by atoms with Crippen molar-refractivity contribution in [3.05, 3.63) is 77.9 Å². The van der Waals surface area contributed by atoms with Crippen molar-refractivity contribution in [1.29, 1.82) is 0 Å². The average Bonchev–Trinajstić information content (AvgIpc) is 2.74. The molecule has 1 aromatic carbocycles. The van der Waals surface area contributed by atoms with Gasteiger partial charge in [-0.25, -0.2) is 14.4 Å². The van der Waals surface area contributed by atoms with Crippen LogP contribution in [-0.4, -0.2) is 38.8 Å². The van der Waals surface area contributed by atoms with Crippen LogP contribution in [0.5, 0.6) is 0 Å². The average molecular weight is 376 g/mol. The minimum Gasteiger partial charge on any atom is -0.339 e. The van der Waals surface area contributed by atoms with Crippen molar-refractivity contribution < 1.29 is 9.18 Å². The van der Waals surface area contributed by atoms with Crippen molar-refractivity contribution in [2.45, 2.75) is 25.7 Å². The number of hydrogen-bond acceptors (Lipinski definition) is 4. The van der Waals surface area contributed by atoms with Crippen LogP contribution in [0.3, 0.4) is 0 Å². The maximum Gasteiger partial charge on any atom is 0.253 e. The van der Waals surface area contributed by atoms with Gasteiger partial charge >= 0.3 is 0 Å². The number of aromatic nitrogens is 3. The van der Waals surface area contributed by atoms with Gasteiger partial charge in [-0.1, -0.05) is 0 Å². The van der Waals surface area contributed by atoms with Crippen LogP contribution in [0, 0.1) is 12.7 Å². The Hall–Kier alpha value is -3.15. The number of piperidine rings is 1. The highest BCUT2D eigenvalue weighted by atomic mass is 19.1. The number of carbonyl (C=O) groups is 1. The molecular formula is C22H21FN4O. The summed E-state index contributed by atoms with van der Waals surface area (Å²) in [7, 11) is 0. The Labute approximate surface area is 163 Å². The zero-order valence-electron chi connectivity index (χ0n) is 15.7. The smallest absolute Gasteiger partial charge is 0.253 e. The van der Waals surface area contributed by atoms with E-state index in [1.165, 1.54) is 12.1 Å². The highest BCUT2D eigenvalue weighted by Gasteiger charge is 2.27. The number of benzene rings is 1. The fourth-order valence-electron chi connectivity index (χ4n) is 3.68. The van der Waals surface area contributed by atoms with E-state index in [9.17, 15) is 9.18 Å². The molecule has 5 nitrogen and oxygen atoms in total. The van der Waals surface area contributed by atoms with Crippen LogP contribution in [-0.2, 0) is 0 Å². The van der Waals surface area contributed by atoms with Gasteiger partial charge in [0, 0.05) is 48.7 Å². The quantitative estimate of drug-likeness (QED) is 0.693. The van der Waals surface area contributed by atoms with Crippen LogP contribution >= 0.6 is 0 Å². The van der Waals surface area contributed by atoms with E-state index >= 15 is 0 Å². The van der Waals surface area contributed by atoms with Crippen LogP contribution in [0.4, 0.5) is 4.39 Å². The highest BCUT2D eigenvalue weighted by Crippen LogP contribution is 2.34. The molecule has 1 aliphatic heterocycles. The summed E-state index contributed by atoms with van der Waals surface area (Å²) < 4.78 is 13.1. The monoisotopic (exact) mass is 376 g/mol. The van der Waals surface area contributed by atoms with Crippen molar-refractivity contribution in [2.24, 2.45) is 0 Å². The van der Waals surface area contributed by atoms with E-state index < -0.39 is 0 Å². The third-order valence-corrected chi connectivity index (χ3v) is 5.19. The van der Waals surface area contributed by atoms with Crippen LogP contribution in [0.25, 0.3) is 11.1 Å². The largest absolute Gasteiger partial charge is 0.339 e. The van der Waals surface area contributed by atoms with Crippen molar-refractivity contribution in [3.63, 3.8) is 0 Å². The summed E-state index contributed by atoms with van der Waals surface area (Å²) in [6, 6.07) is 9.66. The van der Waals surface area contributed by atoms with Gasteiger partial charge in [-0.15, -0.1) is 0 Å². The standard InChI is InChI=1S/C22H21FN4O/c1-15-25-14-20(16-6-10-24-11-7-16)21(26-15)17-8-12-27(13-9-17)22(28)18-2-4-19(23)5-3-18/h2-7,10-11,14,17H,8-9,12-13H2,1H3. The van der Waals surface area contributed by atoms with Gasteiger partial charge in [0.2, 0.25) is 0 Å². The summed E-state index contributed by atoms with van der Waals surface area (Å²) in [4.78, 5) is 27.7. The number of rotatable bonds is 3. The number of likely N-dealkylation sites (tertiary alicyclic amines) is 1. The molecule has 0 N–H and O–H groups in total. The first-order chi connectivity index (χ1) is 13.6. The first-order valence-electron chi connectivity index (χ1n) is 9.40. The SMILES string of the molecule is Cc1ncc(-c2ccncc2)c(C2CCN(C(=O)c3ccc(F)cc3)CC2)n1. The maximum atomic E-state index is 13.1. The number of hydrogen-bond donors (Lipinski definition) is 0. The van der Waals surface area contributed by atoms with Gasteiger partial charge in [0.15, 0.2) is 0 Å². The van der Waals surface area contributed by atoms with E-state index in [-0.39, 0.29) is 17.6 Å². The molecule has 0 aliphatic carbocycles. The lowest BCUT2D eigenvalue weighted by Crippen LogP contribution is -2.38. The van der Waals surface area contributed by atoms with Crippen molar-refractivity contribution in [1.82, 2.24) is 19.9 Å². The molecule has 6 heteroatoms. The molecule has 4 rings (SSSR count). The van der Waals surface area contributed by atoms with Crippen LogP contribution in [0.15, 0.2) is 55.0 Å². The Morgan fingerprint density at radius 3 is 2.43 bits per heavy atom. The lowest BCUT2D eigenvalue weighted by atomic mass is 9.89. The van der Waals surface area contributed by atoms with Crippen molar-refractivity contribution in [2.75, 3.05) is 13.1 Å². The summed E-state index contributed by atoms with van der Waals surface area (Å²) in [6.45, 7) is 3.20. The molecule has 2 aromatic heterocycles. The van der Waals surface area contributed by atoms with Crippen LogP contribution in [0.1, 0.15) is 40.6 Å². The van der Waals surface area contributed by atoms with E-state index in [1.54, 1.807) is 24.5 Å². The molecule has 0 radical (unpaired) electrons. The summed E-state index contributed by atoms with van der Waals surface area (Å²) in [6.07, 6.45) is 7.08. The summed E-state index contributed by atoms with van der Waals surface area (Å²) in [5.74, 6) is 0.629. The molecular weight excluding hydrogens is 355 g/mol. The summed E-state index contributed by atoms with van der Waals surface area (Å²) in [5.41, 5.74) is 3.63. The second kappa shape index (κ2) is 7.84. The number of carbonyl (C=O) groups excluding carboxylic acids is 1. The van der Waals surface area contributed by atoms with Crippen LogP contribution < -0.4 is 0 Å². The van der Waals surface area contributed by atoms with Gasteiger partial charge in [-0.05, 0) is 61.7 Å². The van der Waals surface area contributed by atoms with E-state index in [1.807, 2.05) is 30.2 Å². The van der Waals surface area contributed by atoms with Gasteiger partial charge in [-0.2, -0.15) is 0 Å².